The van der Waals surface area contributed by atoms with Crippen LogP contribution < -0.4 is 10.6 Å². The molecule has 3 rings (SSSR count). The summed E-state index contributed by atoms with van der Waals surface area (Å²) < 4.78 is 15.6. The Morgan fingerprint density at radius 2 is 1.91 bits per heavy atom. The number of hydrogen-bond donors (Lipinski definition) is 2. The minimum Gasteiger partial charge on any atom is -0.351 e. The Morgan fingerprint density at radius 1 is 1.12 bits per heavy atom. The Balaban J connectivity index is 1.54. The van der Waals surface area contributed by atoms with Crippen LogP contribution in [-0.2, 0) is 17.8 Å². The fraction of sp³-hybridized carbons (Fsp3) is 0.304. The van der Waals surface area contributed by atoms with E-state index in [0.29, 0.717) is 30.5 Å². The van der Waals surface area contributed by atoms with Gasteiger partial charge < -0.3 is 15.2 Å². The lowest BCUT2D eigenvalue weighted by Crippen LogP contribution is -2.27. The number of nitrogens with zero attached hydrogens (tertiary/aromatic N) is 3. The summed E-state index contributed by atoms with van der Waals surface area (Å²) in [6.07, 6.45) is 0.441. The number of thioether (sulfide) groups is 1. The summed E-state index contributed by atoms with van der Waals surface area (Å²) in [7, 11) is 0. The van der Waals surface area contributed by atoms with Gasteiger partial charge in [-0.3, -0.25) is 9.59 Å². The minimum atomic E-state index is -0.556. The van der Waals surface area contributed by atoms with Gasteiger partial charge in [-0.15, -0.1) is 10.2 Å². The van der Waals surface area contributed by atoms with Crippen LogP contribution in [0, 0.1) is 19.7 Å². The maximum Gasteiger partial charge on any atom is 0.254 e. The first kappa shape index (κ1) is 23.5. The van der Waals surface area contributed by atoms with E-state index < -0.39 is 11.7 Å². The molecule has 0 aliphatic heterocycles. The lowest BCUT2D eigenvalue weighted by Gasteiger charge is -2.10. The monoisotopic (exact) mass is 455 g/mol. The highest BCUT2D eigenvalue weighted by atomic mass is 32.2. The highest BCUT2D eigenvalue weighted by Gasteiger charge is 2.15. The molecule has 0 aliphatic carbocycles. The van der Waals surface area contributed by atoms with Gasteiger partial charge in [0.1, 0.15) is 11.6 Å². The summed E-state index contributed by atoms with van der Waals surface area (Å²) in [5, 5.41) is 14.7. The molecule has 0 unspecified atom stereocenters. The summed E-state index contributed by atoms with van der Waals surface area (Å²) in [5.41, 5.74) is 2.90. The first-order chi connectivity index (χ1) is 15.4. The zero-order chi connectivity index (χ0) is 23.1. The molecule has 0 spiro atoms. The van der Waals surface area contributed by atoms with Gasteiger partial charge in [0.15, 0.2) is 5.16 Å². The molecule has 2 N–H and O–H groups in total. The lowest BCUT2D eigenvalue weighted by molar-refractivity contribution is -0.113. The predicted octanol–water partition coefficient (Wildman–Crippen LogP) is 3.76. The van der Waals surface area contributed by atoms with Gasteiger partial charge in [0, 0.05) is 25.2 Å². The fourth-order valence-electron chi connectivity index (χ4n) is 3.14. The minimum absolute atomic E-state index is 0.00978. The molecule has 168 valence electrons. The Labute approximate surface area is 190 Å². The van der Waals surface area contributed by atoms with Crippen molar-refractivity contribution in [2.24, 2.45) is 0 Å². The summed E-state index contributed by atoms with van der Waals surface area (Å²) in [6, 6.07) is 11.8. The maximum absolute atomic E-state index is 13.7. The lowest BCUT2D eigenvalue weighted by atomic mass is 10.1. The second-order valence-electron chi connectivity index (χ2n) is 7.28. The molecule has 32 heavy (non-hydrogen) atoms. The zero-order valence-corrected chi connectivity index (χ0v) is 19.1. The molecule has 0 fully saturated rings. The molecule has 3 aromatic rings. The summed E-state index contributed by atoms with van der Waals surface area (Å²) >= 11 is 1.31. The van der Waals surface area contributed by atoms with E-state index in [-0.39, 0.29) is 17.2 Å². The van der Waals surface area contributed by atoms with Crippen LogP contribution in [0.4, 0.5) is 10.1 Å². The first-order valence-electron chi connectivity index (χ1n) is 10.3. The smallest absolute Gasteiger partial charge is 0.254 e. The van der Waals surface area contributed by atoms with E-state index in [2.05, 4.69) is 20.8 Å². The van der Waals surface area contributed by atoms with Crippen LogP contribution in [-0.4, -0.2) is 38.9 Å². The van der Waals surface area contributed by atoms with Gasteiger partial charge >= 0.3 is 0 Å². The molecule has 0 atom stereocenters. The number of aromatic nitrogens is 3. The zero-order valence-electron chi connectivity index (χ0n) is 18.3. The SMILES string of the molecule is CCn1c(CCNC(=O)c2ccccc2F)nnc1SCC(=O)Nc1cc(C)ccc1C. The Morgan fingerprint density at radius 3 is 2.66 bits per heavy atom. The van der Waals surface area contributed by atoms with Gasteiger partial charge in [-0.2, -0.15) is 0 Å². The van der Waals surface area contributed by atoms with Crippen molar-refractivity contribution >= 4 is 29.3 Å². The third kappa shape index (κ3) is 5.94. The van der Waals surface area contributed by atoms with Gasteiger partial charge in [0.25, 0.3) is 5.91 Å². The van der Waals surface area contributed by atoms with Crippen LogP contribution in [0.15, 0.2) is 47.6 Å². The highest BCUT2D eigenvalue weighted by Crippen LogP contribution is 2.20. The number of benzene rings is 2. The topological polar surface area (TPSA) is 88.9 Å². The molecule has 9 heteroatoms. The summed E-state index contributed by atoms with van der Waals surface area (Å²) in [6.45, 7) is 6.82. The fourth-order valence-corrected chi connectivity index (χ4v) is 3.96. The highest BCUT2D eigenvalue weighted by molar-refractivity contribution is 7.99. The Kier molecular flexibility index (Phi) is 7.99. The largest absolute Gasteiger partial charge is 0.351 e. The van der Waals surface area contributed by atoms with Crippen molar-refractivity contribution in [1.29, 1.82) is 0 Å². The second kappa shape index (κ2) is 10.9. The first-order valence-corrected chi connectivity index (χ1v) is 11.3. The average molecular weight is 456 g/mol. The van der Waals surface area contributed by atoms with Gasteiger partial charge in [-0.05, 0) is 50.1 Å². The van der Waals surface area contributed by atoms with Crippen molar-refractivity contribution in [2.75, 3.05) is 17.6 Å². The molecule has 0 saturated heterocycles. The second-order valence-corrected chi connectivity index (χ2v) is 8.23. The number of rotatable bonds is 9. The third-order valence-electron chi connectivity index (χ3n) is 4.86. The van der Waals surface area contributed by atoms with E-state index in [4.69, 9.17) is 0 Å². The van der Waals surface area contributed by atoms with E-state index in [1.807, 2.05) is 43.5 Å². The number of halogens is 1. The van der Waals surface area contributed by atoms with Gasteiger partial charge in [-0.25, -0.2) is 4.39 Å². The quantitative estimate of drug-likeness (QED) is 0.480. The van der Waals surface area contributed by atoms with Gasteiger partial charge in [0.05, 0.1) is 11.3 Å². The van der Waals surface area contributed by atoms with Crippen molar-refractivity contribution in [3.63, 3.8) is 0 Å². The van der Waals surface area contributed by atoms with Crippen molar-refractivity contribution in [2.45, 2.75) is 38.9 Å². The standard InChI is InChI=1S/C23H26FN5O2S/c1-4-29-20(11-12-25-22(31)17-7-5-6-8-18(17)24)27-28-23(29)32-14-21(30)26-19-13-15(2)9-10-16(19)3/h5-10,13H,4,11-12,14H2,1-3H3,(H,25,31)(H,26,30). The average Bonchev–Trinajstić information content (AvgIpc) is 3.16. The van der Waals surface area contributed by atoms with E-state index in [1.165, 1.54) is 30.0 Å². The number of nitrogens with one attached hydrogen (secondary N) is 2. The van der Waals surface area contributed by atoms with Crippen LogP contribution in [0.5, 0.6) is 0 Å². The molecular weight excluding hydrogens is 429 g/mol. The molecule has 0 radical (unpaired) electrons. The Bertz CT molecular complexity index is 1120. The van der Waals surface area contributed by atoms with E-state index in [1.54, 1.807) is 6.07 Å². The molecule has 1 heterocycles. The van der Waals surface area contributed by atoms with Crippen LogP contribution in [0.3, 0.4) is 0 Å². The van der Waals surface area contributed by atoms with Gasteiger partial charge in [-0.1, -0.05) is 36.0 Å². The van der Waals surface area contributed by atoms with E-state index in [9.17, 15) is 14.0 Å². The normalized spacial score (nSPS) is 10.8. The number of amides is 2. The van der Waals surface area contributed by atoms with Crippen molar-refractivity contribution in [3.05, 3.63) is 70.8 Å². The number of aryl methyl sites for hydroxylation is 2. The molecule has 0 aliphatic rings. The van der Waals surface area contributed by atoms with Crippen LogP contribution in [0.25, 0.3) is 0 Å². The molecule has 7 nitrogen and oxygen atoms in total. The number of carbonyl (C=O) groups is 2. The molecule has 2 aromatic carbocycles. The van der Waals surface area contributed by atoms with Gasteiger partial charge in [0.2, 0.25) is 5.91 Å². The molecule has 1 aromatic heterocycles. The Hall–Kier alpha value is -3.20. The van der Waals surface area contributed by atoms with Crippen LogP contribution in [0.1, 0.15) is 34.2 Å². The molecule has 0 saturated carbocycles. The predicted molar refractivity (Wildman–Crippen MR) is 123 cm³/mol. The van der Waals surface area contributed by atoms with E-state index in [0.717, 1.165) is 16.8 Å². The van der Waals surface area contributed by atoms with E-state index >= 15 is 0 Å². The number of anilines is 1. The van der Waals surface area contributed by atoms with Crippen molar-refractivity contribution < 1.29 is 14.0 Å². The summed E-state index contributed by atoms with van der Waals surface area (Å²) in [5.74, 6) is -0.245. The number of hydrogen-bond acceptors (Lipinski definition) is 5. The maximum atomic E-state index is 13.7. The molecule has 0 bridgehead atoms. The van der Waals surface area contributed by atoms with Crippen LogP contribution >= 0.6 is 11.8 Å². The van der Waals surface area contributed by atoms with Crippen molar-refractivity contribution in [1.82, 2.24) is 20.1 Å². The van der Waals surface area contributed by atoms with Crippen LogP contribution in [0.2, 0.25) is 0 Å². The number of carbonyl (C=O) groups excluding carboxylic acids is 2. The molecular formula is C23H26FN5O2S. The molecule has 2 amide bonds. The van der Waals surface area contributed by atoms with Crippen molar-refractivity contribution in [3.8, 4) is 0 Å². The third-order valence-corrected chi connectivity index (χ3v) is 5.83. The summed E-state index contributed by atoms with van der Waals surface area (Å²) in [4.78, 5) is 24.5.